The topological polar surface area (TPSA) is 8.17 Å². The lowest BCUT2D eigenvalue weighted by Gasteiger charge is -2.28. The van der Waals surface area contributed by atoms with E-state index < -0.39 is 0 Å². The summed E-state index contributed by atoms with van der Waals surface area (Å²) in [5, 5.41) is 3.62. The average molecular weight is 907 g/mol. The minimum atomic E-state index is -0.127. The Morgan fingerprint density at radius 2 is 0.761 bits per heavy atom. The molecule has 0 unspecified atom stereocenters. The molecular weight excluding hydrogens is 857 g/mol. The third kappa shape index (κ3) is 7.18. The highest BCUT2D eigenvalue weighted by atomic mass is 15.1. The summed E-state index contributed by atoms with van der Waals surface area (Å²) in [6.07, 6.45) is 0. The van der Waals surface area contributed by atoms with Crippen LogP contribution in [-0.4, -0.2) is 4.57 Å². The summed E-state index contributed by atoms with van der Waals surface area (Å²) in [5.41, 5.74) is 22.8. The molecule has 0 spiro atoms. The van der Waals surface area contributed by atoms with Gasteiger partial charge in [0.25, 0.3) is 0 Å². The molecule has 0 aliphatic heterocycles. The Morgan fingerprint density at radius 1 is 0.310 bits per heavy atom. The molecule has 0 amide bonds. The van der Waals surface area contributed by atoms with E-state index in [4.69, 9.17) is 0 Å². The second-order valence-corrected chi connectivity index (χ2v) is 19.3. The van der Waals surface area contributed by atoms with Gasteiger partial charge in [-0.25, -0.2) is 0 Å². The molecule has 13 rings (SSSR count). The highest BCUT2D eigenvalue weighted by Gasteiger charge is 2.36. The number of benzene rings is 11. The first-order valence-corrected chi connectivity index (χ1v) is 24.7. The van der Waals surface area contributed by atoms with Gasteiger partial charge in [-0.15, -0.1) is 0 Å². The number of fused-ring (bicyclic) bond motifs is 6. The van der Waals surface area contributed by atoms with Crippen LogP contribution in [0.25, 0.3) is 94.3 Å². The first-order valence-electron chi connectivity index (χ1n) is 24.7. The zero-order valence-corrected chi connectivity index (χ0v) is 39.8. The van der Waals surface area contributed by atoms with Crippen LogP contribution < -0.4 is 4.90 Å². The molecule has 0 fully saturated rings. The lowest BCUT2D eigenvalue weighted by molar-refractivity contribution is 0.660. The van der Waals surface area contributed by atoms with Crippen molar-refractivity contribution in [3.05, 3.63) is 278 Å². The zero-order chi connectivity index (χ0) is 47.5. The molecule has 12 aromatic rings. The normalized spacial score (nSPS) is 12.5. The van der Waals surface area contributed by atoms with Gasteiger partial charge in [0.15, 0.2) is 0 Å². The molecule has 0 bridgehead atoms. The van der Waals surface area contributed by atoms with E-state index in [1.807, 2.05) is 0 Å². The molecule has 71 heavy (non-hydrogen) atoms. The van der Waals surface area contributed by atoms with Crippen LogP contribution in [0.2, 0.25) is 0 Å². The monoisotopic (exact) mass is 906 g/mol. The lowest BCUT2D eigenvalue weighted by atomic mass is 9.82. The Morgan fingerprint density at radius 3 is 1.37 bits per heavy atom. The third-order valence-corrected chi connectivity index (χ3v) is 14.8. The predicted molar refractivity (Wildman–Crippen MR) is 300 cm³/mol. The highest BCUT2D eigenvalue weighted by molar-refractivity contribution is 6.20. The van der Waals surface area contributed by atoms with Gasteiger partial charge >= 0.3 is 0 Å². The first-order chi connectivity index (χ1) is 35.0. The number of nitrogens with zero attached hydrogens (tertiary/aromatic N) is 2. The summed E-state index contributed by atoms with van der Waals surface area (Å²) in [6.45, 7) is 4.72. The standard InChI is InChI=1S/C69H50N2/c1-69(2)64-30-18-17-28-59(64)60-44-43-57(45-65(60)69)70(54-37-31-49(32-38-54)47-19-7-3-8-20-47)55-41-35-51(36-42-55)62-46-63-66(52-23-11-5-12-24-52)67(53-25-13-6-14-26-53)71(68(63)61-29-16-15-27-58(61)62)56-39-33-50(34-40-56)48-21-9-4-10-22-48/h3-46H,1-2H3. The van der Waals surface area contributed by atoms with Gasteiger partial charge in [0.05, 0.1) is 11.2 Å². The molecule has 11 aromatic carbocycles. The average Bonchev–Trinajstić information content (AvgIpc) is 3.91. The van der Waals surface area contributed by atoms with E-state index in [1.54, 1.807) is 0 Å². The van der Waals surface area contributed by atoms with Crippen molar-refractivity contribution in [3.8, 4) is 72.6 Å². The molecular formula is C69H50N2. The van der Waals surface area contributed by atoms with Crippen molar-refractivity contribution in [1.29, 1.82) is 0 Å². The van der Waals surface area contributed by atoms with Crippen LogP contribution in [0.15, 0.2) is 267 Å². The van der Waals surface area contributed by atoms with Crippen LogP contribution in [0, 0.1) is 0 Å². The molecule has 1 aliphatic rings. The van der Waals surface area contributed by atoms with Gasteiger partial charge in [0.1, 0.15) is 0 Å². The zero-order valence-electron chi connectivity index (χ0n) is 39.8. The maximum absolute atomic E-state index is 2.51. The summed E-state index contributed by atoms with van der Waals surface area (Å²) >= 11 is 0. The van der Waals surface area contributed by atoms with Crippen LogP contribution in [0.5, 0.6) is 0 Å². The van der Waals surface area contributed by atoms with E-state index >= 15 is 0 Å². The molecule has 1 aromatic heterocycles. The Labute approximate surface area is 416 Å². The fourth-order valence-corrected chi connectivity index (χ4v) is 11.3. The smallest absolute Gasteiger partial charge is 0.0620 e. The first kappa shape index (κ1) is 42.1. The number of rotatable bonds is 9. The number of aromatic nitrogens is 1. The Hall–Kier alpha value is -8.98. The lowest BCUT2D eigenvalue weighted by Crippen LogP contribution is -2.16. The van der Waals surface area contributed by atoms with Crippen molar-refractivity contribution in [2.24, 2.45) is 0 Å². The minimum Gasteiger partial charge on any atom is -0.310 e. The van der Waals surface area contributed by atoms with Crippen molar-refractivity contribution >= 4 is 38.7 Å². The summed E-state index contributed by atoms with van der Waals surface area (Å²) in [4.78, 5) is 2.42. The third-order valence-electron chi connectivity index (χ3n) is 14.8. The molecule has 1 heterocycles. The van der Waals surface area contributed by atoms with Crippen LogP contribution >= 0.6 is 0 Å². The van der Waals surface area contributed by atoms with Gasteiger partial charge in [-0.3, -0.25) is 0 Å². The van der Waals surface area contributed by atoms with E-state index in [9.17, 15) is 0 Å². The number of hydrogen-bond donors (Lipinski definition) is 0. The van der Waals surface area contributed by atoms with Gasteiger partial charge < -0.3 is 9.47 Å². The van der Waals surface area contributed by atoms with Gasteiger partial charge in [-0.2, -0.15) is 0 Å². The van der Waals surface area contributed by atoms with Gasteiger partial charge in [0, 0.05) is 44.5 Å². The maximum atomic E-state index is 2.51. The van der Waals surface area contributed by atoms with E-state index in [0.29, 0.717) is 0 Å². The van der Waals surface area contributed by atoms with E-state index in [-0.39, 0.29) is 5.41 Å². The second-order valence-electron chi connectivity index (χ2n) is 19.3. The van der Waals surface area contributed by atoms with Crippen LogP contribution in [0.1, 0.15) is 25.0 Å². The Balaban J connectivity index is 0.994. The minimum absolute atomic E-state index is 0.127. The Kier molecular flexibility index (Phi) is 10.2. The molecule has 336 valence electrons. The second kappa shape index (κ2) is 17.2. The molecule has 0 radical (unpaired) electrons. The van der Waals surface area contributed by atoms with Crippen molar-refractivity contribution in [1.82, 2.24) is 4.57 Å². The largest absolute Gasteiger partial charge is 0.310 e. The van der Waals surface area contributed by atoms with Crippen LogP contribution in [0.3, 0.4) is 0 Å². The van der Waals surface area contributed by atoms with Crippen LogP contribution in [0.4, 0.5) is 17.1 Å². The van der Waals surface area contributed by atoms with Crippen LogP contribution in [-0.2, 0) is 5.41 Å². The van der Waals surface area contributed by atoms with Crippen molar-refractivity contribution in [3.63, 3.8) is 0 Å². The van der Waals surface area contributed by atoms with Gasteiger partial charge in [-0.1, -0.05) is 226 Å². The fraction of sp³-hybridized carbons (Fsp3) is 0.0435. The highest BCUT2D eigenvalue weighted by Crippen LogP contribution is 2.52. The van der Waals surface area contributed by atoms with E-state index in [2.05, 4.69) is 290 Å². The maximum Gasteiger partial charge on any atom is 0.0620 e. The Bertz CT molecular complexity index is 3890. The molecule has 0 saturated heterocycles. The molecule has 0 N–H and O–H groups in total. The number of hydrogen-bond acceptors (Lipinski definition) is 1. The molecule has 0 saturated carbocycles. The predicted octanol–water partition coefficient (Wildman–Crippen LogP) is 18.9. The van der Waals surface area contributed by atoms with Gasteiger partial charge in [0.2, 0.25) is 0 Å². The van der Waals surface area contributed by atoms with Crippen molar-refractivity contribution in [2.75, 3.05) is 4.90 Å². The number of anilines is 3. The summed E-state index contributed by atoms with van der Waals surface area (Å²) in [7, 11) is 0. The molecule has 0 atom stereocenters. The summed E-state index contributed by atoms with van der Waals surface area (Å²) in [6, 6.07) is 97.8. The summed E-state index contributed by atoms with van der Waals surface area (Å²) in [5.74, 6) is 0. The fourth-order valence-electron chi connectivity index (χ4n) is 11.3. The van der Waals surface area contributed by atoms with Gasteiger partial charge in [-0.05, 0) is 127 Å². The SMILES string of the molecule is CC1(C)c2ccccc2-c2ccc(N(c3ccc(-c4ccccc4)cc3)c3ccc(-c4cc5c(-c6ccccc6)c(-c6ccccc6)n(-c6ccc(-c7ccccc7)cc6)c5c5ccccc45)cc3)cc21. The van der Waals surface area contributed by atoms with Crippen molar-refractivity contribution in [2.45, 2.75) is 19.3 Å². The van der Waals surface area contributed by atoms with E-state index in [0.717, 1.165) is 28.3 Å². The van der Waals surface area contributed by atoms with Crippen molar-refractivity contribution < 1.29 is 0 Å². The van der Waals surface area contributed by atoms with E-state index in [1.165, 1.54) is 94.1 Å². The molecule has 2 nitrogen and oxygen atoms in total. The quantitative estimate of drug-likeness (QED) is 0.140. The molecule has 2 heteroatoms. The molecule has 1 aliphatic carbocycles. The summed E-state index contributed by atoms with van der Waals surface area (Å²) < 4.78 is 2.51.